The summed E-state index contributed by atoms with van der Waals surface area (Å²) in [7, 11) is 2.11. The number of nitrogens with one attached hydrogen (secondary N) is 2. The topological polar surface area (TPSA) is 113 Å². The Kier molecular flexibility index (Phi) is 11.4. The fourth-order valence-electron chi connectivity index (χ4n) is 4.51. The van der Waals surface area contributed by atoms with Gasteiger partial charge in [0.25, 0.3) is 5.91 Å². The summed E-state index contributed by atoms with van der Waals surface area (Å²) in [5, 5.41) is 6.57. The Balaban J connectivity index is 0.000000520. The molecule has 1 amide bonds. The van der Waals surface area contributed by atoms with Crippen molar-refractivity contribution in [3.05, 3.63) is 41.7 Å². The number of ether oxygens (including phenoxy) is 1. The molecule has 4 heterocycles. The van der Waals surface area contributed by atoms with Gasteiger partial charge in [-0.3, -0.25) is 4.79 Å². The molecule has 2 aromatic heterocycles. The normalized spacial score (nSPS) is 20.2. The highest BCUT2D eigenvalue weighted by Crippen LogP contribution is 2.25. The number of piperidine rings is 1. The number of furan rings is 1. The smallest absolute Gasteiger partial charge is 0.259 e. The average Bonchev–Trinajstić information content (AvgIpc) is 3.44. The highest BCUT2D eigenvalue weighted by molar-refractivity contribution is 5.98. The molecule has 39 heavy (non-hydrogen) atoms. The van der Waals surface area contributed by atoms with E-state index in [0.717, 1.165) is 38.3 Å². The van der Waals surface area contributed by atoms with Gasteiger partial charge >= 0.3 is 0 Å². The van der Waals surface area contributed by atoms with Gasteiger partial charge in [-0.15, -0.1) is 0 Å². The first-order chi connectivity index (χ1) is 18.6. The zero-order chi connectivity index (χ0) is 28.4. The Morgan fingerprint density at radius 2 is 2.03 bits per heavy atom. The zero-order valence-electron chi connectivity index (χ0n) is 24.4. The van der Waals surface area contributed by atoms with Crippen molar-refractivity contribution in [2.75, 3.05) is 58.3 Å². The molecule has 2 fully saturated rings. The largest absolute Gasteiger partial charge is 0.467 e. The van der Waals surface area contributed by atoms with E-state index >= 15 is 0 Å². The first-order valence-electron chi connectivity index (χ1n) is 14.0. The summed E-state index contributed by atoms with van der Waals surface area (Å²) >= 11 is 0. The van der Waals surface area contributed by atoms with Crippen molar-refractivity contribution in [2.24, 2.45) is 11.8 Å². The Bertz CT molecular complexity index is 1030. The lowest BCUT2D eigenvalue weighted by Crippen LogP contribution is -2.52. The second-order valence-electron chi connectivity index (χ2n) is 11.8. The predicted molar refractivity (Wildman–Crippen MR) is 152 cm³/mol. The lowest BCUT2D eigenvalue weighted by atomic mass is 9.94. The number of nitrogens with zero attached hydrogens (tertiary/aromatic N) is 4. The molecular formula is C29H46N6O4. The van der Waals surface area contributed by atoms with Crippen molar-refractivity contribution < 1.29 is 18.7 Å². The van der Waals surface area contributed by atoms with E-state index in [1.54, 1.807) is 12.5 Å². The van der Waals surface area contributed by atoms with Gasteiger partial charge in [-0.1, -0.05) is 34.6 Å². The van der Waals surface area contributed by atoms with Crippen LogP contribution in [0.3, 0.4) is 0 Å². The Morgan fingerprint density at radius 1 is 1.28 bits per heavy atom. The summed E-state index contributed by atoms with van der Waals surface area (Å²) in [6.07, 6.45) is 4.88. The maximum atomic E-state index is 13.8. The Morgan fingerprint density at radius 3 is 2.59 bits per heavy atom. The van der Waals surface area contributed by atoms with Crippen LogP contribution in [0.15, 0.2) is 29.0 Å². The summed E-state index contributed by atoms with van der Waals surface area (Å²) in [6.45, 7) is 16.6. The van der Waals surface area contributed by atoms with Crippen molar-refractivity contribution in [2.45, 2.75) is 59.0 Å². The van der Waals surface area contributed by atoms with E-state index in [4.69, 9.17) is 14.1 Å². The molecule has 4 rings (SSSR count). The van der Waals surface area contributed by atoms with Gasteiger partial charge in [-0.25, -0.2) is 9.97 Å². The van der Waals surface area contributed by atoms with Gasteiger partial charge in [0.2, 0.25) is 0 Å². The fourth-order valence-corrected chi connectivity index (χ4v) is 4.51. The summed E-state index contributed by atoms with van der Waals surface area (Å²) in [6, 6.07) is 3.64. The monoisotopic (exact) mass is 542 g/mol. The van der Waals surface area contributed by atoms with Crippen LogP contribution in [0.1, 0.15) is 63.0 Å². The van der Waals surface area contributed by atoms with E-state index in [0.29, 0.717) is 49.8 Å². The number of carbonyl (C=O) groups is 2. The third-order valence-corrected chi connectivity index (χ3v) is 6.75. The van der Waals surface area contributed by atoms with E-state index in [9.17, 15) is 9.59 Å². The lowest BCUT2D eigenvalue weighted by Gasteiger charge is -2.38. The van der Waals surface area contributed by atoms with E-state index in [2.05, 4.69) is 41.4 Å². The van der Waals surface area contributed by atoms with Crippen LogP contribution < -0.4 is 10.6 Å². The number of aldehydes is 1. The number of carbonyl (C=O) groups excluding carboxylic acids is 2. The molecule has 0 saturated carbocycles. The van der Waals surface area contributed by atoms with Crippen molar-refractivity contribution in [3.63, 3.8) is 0 Å². The highest BCUT2D eigenvalue weighted by Gasteiger charge is 2.32. The standard InChI is InChI=1S/C24H35N5O3.C5H11NO/c1-16(2)14-29(18-9-17(15-30)10-25-11-18)22(31)20-13-27-23(24(3,4)5)28-21(20)26-12-19-7-6-8-32-19;1-6-2-4-7-5-3-6/h6-8,13,15-18,25H,9-12,14H2,1-5H3,(H,26,27,28);2-5H2,1H3/t17-,18+;/m1./s1. The molecule has 10 nitrogen and oxygen atoms in total. The molecule has 0 spiro atoms. The molecule has 2 N–H and O–H groups in total. The van der Waals surface area contributed by atoms with Gasteiger partial charge in [0.05, 0.1) is 26.0 Å². The summed E-state index contributed by atoms with van der Waals surface area (Å²) in [5.41, 5.74) is 0.170. The van der Waals surface area contributed by atoms with Crippen LogP contribution >= 0.6 is 0 Å². The molecule has 0 bridgehead atoms. The van der Waals surface area contributed by atoms with Crippen molar-refractivity contribution in [1.82, 2.24) is 25.1 Å². The molecule has 2 saturated heterocycles. The maximum Gasteiger partial charge on any atom is 0.259 e. The minimum Gasteiger partial charge on any atom is -0.467 e. The number of hydrogen-bond donors (Lipinski definition) is 2. The first kappa shape index (κ1) is 30.7. The third-order valence-electron chi connectivity index (χ3n) is 6.75. The van der Waals surface area contributed by atoms with Crippen LogP contribution in [0, 0.1) is 11.8 Å². The lowest BCUT2D eigenvalue weighted by molar-refractivity contribution is -0.112. The highest BCUT2D eigenvalue weighted by atomic mass is 16.5. The molecule has 0 unspecified atom stereocenters. The molecule has 2 aliphatic rings. The summed E-state index contributed by atoms with van der Waals surface area (Å²) in [5.74, 6) is 1.97. The van der Waals surface area contributed by atoms with Crippen LogP contribution in [-0.4, -0.2) is 91.0 Å². The predicted octanol–water partition coefficient (Wildman–Crippen LogP) is 3.20. The van der Waals surface area contributed by atoms with Gasteiger partial charge in [0, 0.05) is 56.3 Å². The Labute approximate surface area is 232 Å². The minimum absolute atomic E-state index is 0.0610. The third kappa shape index (κ3) is 9.40. The number of rotatable bonds is 8. The molecule has 2 aromatic rings. The molecule has 0 aliphatic carbocycles. The number of amides is 1. The van der Waals surface area contributed by atoms with Gasteiger partial charge in [-0.2, -0.15) is 0 Å². The molecular weight excluding hydrogens is 496 g/mol. The zero-order valence-corrected chi connectivity index (χ0v) is 24.4. The number of aromatic nitrogens is 2. The second kappa shape index (κ2) is 14.5. The van der Waals surface area contributed by atoms with E-state index in [1.807, 2.05) is 37.8 Å². The molecule has 2 aliphatic heterocycles. The van der Waals surface area contributed by atoms with E-state index < -0.39 is 0 Å². The van der Waals surface area contributed by atoms with E-state index in [-0.39, 0.29) is 29.2 Å². The minimum atomic E-state index is -0.259. The van der Waals surface area contributed by atoms with Crippen molar-refractivity contribution in [3.8, 4) is 0 Å². The second-order valence-corrected chi connectivity index (χ2v) is 11.8. The molecule has 216 valence electrons. The average molecular weight is 543 g/mol. The van der Waals surface area contributed by atoms with Crippen molar-refractivity contribution in [1.29, 1.82) is 0 Å². The number of morpholine rings is 1. The maximum absolute atomic E-state index is 13.8. The fraction of sp³-hybridized carbons (Fsp3) is 0.655. The summed E-state index contributed by atoms with van der Waals surface area (Å²) in [4.78, 5) is 38.6. The van der Waals surface area contributed by atoms with Gasteiger partial charge in [0.15, 0.2) is 0 Å². The van der Waals surface area contributed by atoms with Crippen LogP contribution in [0.2, 0.25) is 0 Å². The van der Waals surface area contributed by atoms with Crippen LogP contribution in [0.4, 0.5) is 5.82 Å². The Hall–Kier alpha value is -2.82. The van der Waals surface area contributed by atoms with Gasteiger partial charge in [0.1, 0.15) is 29.3 Å². The molecule has 0 aromatic carbocycles. The van der Waals surface area contributed by atoms with Gasteiger partial charge in [-0.05, 0) is 31.5 Å². The van der Waals surface area contributed by atoms with Crippen molar-refractivity contribution >= 4 is 18.0 Å². The number of hydrogen-bond acceptors (Lipinski definition) is 9. The van der Waals surface area contributed by atoms with Gasteiger partial charge < -0.3 is 34.4 Å². The summed E-state index contributed by atoms with van der Waals surface area (Å²) < 4.78 is 10.5. The van der Waals surface area contributed by atoms with E-state index in [1.165, 1.54) is 0 Å². The molecule has 10 heteroatoms. The van der Waals surface area contributed by atoms with Crippen LogP contribution in [0.25, 0.3) is 0 Å². The van der Waals surface area contributed by atoms with Crippen LogP contribution in [-0.2, 0) is 21.5 Å². The number of likely N-dealkylation sites (N-methyl/N-ethyl adjacent to an activating group) is 1. The SMILES string of the molecule is CC(C)CN(C(=O)c1cnc(C(C)(C)C)nc1NCc1ccco1)[C@@H]1CNC[C@H](C=O)C1.CN1CCOCC1. The quantitative estimate of drug-likeness (QED) is 0.486. The number of anilines is 1. The molecule has 0 radical (unpaired) electrons. The van der Waals surface area contributed by atoms with Crippen LogP contribution in [0.5, 0.6) is 0 Å². The molecule has 2 atom stereocenters. The first-order valence-corrected chi connectivity index (χ1v) is 14.0.